The Morgan fingerprint density at radius 3 is 2.95 bits per heavy atom. The summed E-state index contributed by atoms with van der Waals surface area (Å²) >= 11 is 0. The van der Waals surface area contributed by atoms with Crippen molar-refractivity contribution in [2.75, 3.05) is 19.8 Å². The normalized spacial score (nSPS) is 29.2. The highest BCUT2D eigenvalue weighted by atomic mass is 16.5. The highest BCUT2D eigenvalue weighted by molar-refractivity contribution is 5.89. The molecule has 4 rings (SSSR count). The standard InChI is InChI=1S/C15H20N4O3/c20-13-8-18(9-19(13)11-3-4-11)15(21)12-2-1-5-22-14(12)10-6-16-17-7-10/h6-7,11-12,14H,1-5,8-9H2,(H,16,17)/t12-,14+/m1/s1. The van der Waals surface area contributed by atoms with Gasteiger partial charge in [-0.1, -0.05) is 0 Å². The molecule has 0 spiro atoms. The van der Waals surface area contributed by atoms with Crippen molar-refractivity contribution in [3.63, 3.8) is 0 Å². The topological polar surface area (TPSA) is 78.5 Å². The van der Waals surface area contributed by atoms with Gasteiger partial charge in [-0.15, -0.1) is 0 Å². The van der Waals surface area contributed by atoms with Gasteiger partial charge in [0, 0.05) is 24.4 Å². The summed E-state index contributed by atoms with van der Waals surface area (Å²) in [7, 11) is 0. The van der Waals surface area contributed by atoms with Gasteiger partial charge in [0.1, 0.15) is 6.54 Å². The average Bonchev–Trinajstić information content (AvgIpc) is 3.09. The lowest BCUT2D eigenvalue weighted by atomic mass is 9.89. The second-order valence-corrected chi connectivity index (χ2v) is 6.34. The van der Waals surface area contributed by atoms with Gasteiger partial charge in [0.2, 0.25) is 11.8 Å². The first-order chi connectivity index (χ1) is 10.7. The number of hydrogen-bond donors (Lipinski definition) is 1. The van der Waals surface area contributed by atoms with Crippen molar-refractivity contribution in [3.8, 4) is 0 Å². The van der Waals surface area contributed by atoms with Crippen LogP contribution in [0.1, 0.15) is 37.4 Å². The molecule has 0 radical (unpaired) electrons. The third kappa shape index (κ3) is 2.39. The zero-order chi connectivity index (χ0) is 15.1. The molecule has 118 valence electrons. The summed E-state index contributed by atoms with van der Waals surface area (Å²) in [6.45, 7) is 1.31. The molecule has 2 saturated heterocycles. The van der Waals surface area contributed by atoms with Crippen LogP contribution < -0.4 is 0 Å². The molecule has 1 saturated carbocycles. The molecule has 1 aromatic rings. The van der Waals surface area contributed by atoms with Gasteiger partial charge >= 0.3 is 0 Å². The highest BCUT2D eigenvalue weighted by Gasteiger charge is 2.43. The Morgan fingerprint density at radius 2 is 2.23 bits per heavy atom. The summed E-state index contributed by atoms with van der Waals surface area (Å²) in [5.41, 5.74) is 0.905. The van der Waals surface area contributed by atoms with E-state index in [4.69, 9.17) is 4.74 Å². The molecule has 3 heterocycles. The molecule has 1 aromatic heterocycles. The van der Waals surface area contributed by atoms with Crippen molar-refractivity contribution in [2.24, 2.45) is 5.92 Å². The summed E-state index contributed by atoms with van der Waals surface area (Å²) in [5.74, 6) is -0.117. The van der Waals surface area contributed by atoms with Gasteiger partial charge in [0.05, 0.1) is 24.9 Å². The summed E-state index contributed by atoms with van der Waals surface area (Å²) in [6.07, 6.45) is 7.03. The molecular formula is C15H20N4O3. The minimum Gasteiger partial charge on any atom is -0.373 e. The number of carbonyl (C=O) groups is 2. The molecule has 0 bridgehead atoms. The third-order valence-electron chi connectivity index (χ3n) is 4.76. The van der Waals surface area contributed by atoms with Crippen molar-refractivity contribution in [3.05, 3.63) is 18.0 Å². The Hall–Kier alpha value is -1.89. The molecule has 22 heavy (non-hydrogen) atoms. The van der Waals surface area contributed by atoms with Gasteiger partial charge in [0.25, 0.3) is 0 Å². The van der Waals surface area contributed by atoms with Crippen LogP contribution in [0.4, 0.5) is 0 Å². The van der Waals surface area contributed by atoms with Crippen LogP contribution in [0.5, 0.6) is 0 Å². The Kier molecular flexibility index (Phi) is 3.37. The van der Waals surface area contributed by atoms with E-state index < -0.39 is 0 Å². The largest absolute Gasteiger partial charge is 0.373 e. The van der Waals surface area contributed by atoms with Crippen molar-refractivity contribution in [2.45, 2.75) is 37.8 Å². The van der Waals surface area contributed by atoms with E-state index in [1.165, 1.54) is 0 Å². The lowest BCUT2D eigenvalue weighted by Crippen LogP contribution is -2.40. The SMILES string of the molecule is O=C([C@@H]1CCCO[C@H]1c1cn[nH]c1)N1CC(=O)N(C2CC2)C1. The molecule has 1 N–H and O–H groups in total. The van der Waals surface area contributed by atoms with Crippen molar-refractivity contribution in [1.29, 1.82) is 0 Å². The van der Waals surface area contributed by atoms with Crippen molar-refractivity contribution >= 4 is 11.8 Å². The number of ether oxygens (including phenoxy) is 1. The van der Waals surface area contributed by atoms with E-state index in [9.17, 15) is 9.59 Å². The fraction of sp³-hybridized carbons (Fsp3) is 0.667. The Balaban J connectivity index is 1.49. The molecule has 3 fully saturated rings. The highest BCUT2D eigenvalue weighted by Crippen LogP contribution is 2.36. The van der Waals surface area contributed by atoms with Gasteiger partial charge in [-0.2, -0.15) is 5.10 Å². The third-order valence-corrected chi connectivity index (χ3v) is 4.76. The molecule has 7 nitrogen and oxygen atoms in total. The molecular weight excluding hydrogens is 284 g/mol. The second-order valence-electron chi connectivity index (χ2n) is 6.34. The number of H-pyrrole nitrogens is 1. The number of hydrogen-bond acceptors (Lipinski definition) is 4. The van der Waals surface area contributed by atoms with E-state index >= 15 is 0 Å². The van der Waals surface area contributed by atoms with E-state index in [1.54, 1.807) is 17.3 Å². The van der Waals surface area contributed by atoms with Crippen LogP contribution >= 0.6 is 0 Å². The van der Waals surface area contributed by atoms with Crippen LogP contribution in [0, 0.1) is 5.92 Å². The van der Waals surface area contributed by atoms with Crippen LogP contribution in [0.2, 0.25) is 0 Å². The molecule has 2 atom stereocenters. The molecule has 2 aliphatic heterocycles. The van der Waals surface area contributed by atoms with Crippen LogP contribution in [0.15, 0.2) is 12.4 Å². The number of nitrogens with zero attached hydrogens (tertiary/aromatic N) is 3. The number of aromatic nitrogens is 2. The lowest BCUT2D eigenvalue weighted by Gasteiger charge is -2.32. The monoisotopic (exact) mass is 304 g/mol. The van der Waals surface area contributed by atoms with Gasteiger partial charge in [-0.05, 0) is 25.7 Å². The number of carbonyl (C=O) groups excluding carboxylic acids is 2. The number of amides is 2. The zero-order valence-corrected chi connectivity index (χ0v) is 12.4. The Bertz CT molecular complexity index is 569. The van der Waals surface area contributed by atoms with Gasteiger partial charge in [-0.3, -0.25) is 14.7 Å². The Labute approximate surface area is 128 Å². The average molecular weight is 304 g/mol. The zero-order valence-electron chi connectivity index (χ0n) is 12.4. The van der Waals surface area contributed by atoms with Crippen LogP contribution in [-0.4, -0.2) is 57.7 Å². The Morgan fingerprint density at radius 1 is 1.36 bits per heavy atom. The molecule has 1 aliphatic carbocycles. The van der Waals surface area contributed by atoms with Gasteiger partial charge < -0.3 is 14.5 Å². The summed E-state index contributed by atoms with van der Waals surface area (Å²) in [6, 6.07) is 0.359. The first kappa shape index (κ1) is 13.8. The second kappa shape index (κ2) is 5.39. The fourth-order valence-corrected chi connectivity index (χ4v) is 3.43. The first-order valence-electron chi connectivity index (χ1n) is 7.92. The van der Waals surface area contributed by atoms with E-state index in [-0.39, 0.29) is 30.4 Å². The van der Waals surface area contributed by atoms with Crippen molar-refractivity contribution < 1.29 is 14.3 Å². The lowest BCUT2D eigenvalue weighted by molar-refractivity contribution is -0.145. The van der Waals surface area contributed by atoms with Gasteiger partial charge in [0.15, 0.2) is 0 Å². The van der Waals surface area contributed by atoms with Crippen LogP contribution in [0.3, 0.4) is 0 Å². The van der Waals surface area contributed by atoms with Crippen LogP contribution in [0.25, 0.3) is 0 Å². The minimum absolute atomic E-state index is 0.0300. The predicted molar refractivity (Wildman–Crippen MR) is 76.5 cm³/mol. The number of nitrogens with one attached hydrogen (secondary N) is 1. The molecule has 0 unspecified atom stereocenters. The maximum atomic E-state index is 12.9. The van der Waals surface area contributed by atoms with E-state index in [2.05, 4.69) is 10.2 Å². The summed E-state index contributed by atoms with van der Waals surface area (Å²) < 4.78 is 5.82. The summed E-state index contributed by atoms with van der Waals surface area (Å²) in [5, 5.41) is 6.73. The van der Waals surface area contributed by atoms with Crippen molar-refractivity contribution in [1.82, 2.24) is 20.0 Å². The maximum absolute atomic E-state index is 12.9. The number of rotatable bonds is 3. The fourth-order valence-electron chi connectivity index (χ4n) is 3.43. The maximum Gasteiger partial charge on any atom is 0.243 e. The summed E-state index contributed by atoms with van der Waals surface area (Å²) in [4.78, 5) is 28.5. The first-order valence-corrected chi connectivity index (χ1v) is 7.92. The quantitative estimate of drug-likeness (QED) is 0.890. The van der Waals surface area contributed by atoms with E-state index in [1.807, 2.05) is 4.90 Å². The molecule has 3 aliphatic rings. The molecule has 2 amide bonds. The smallest absolute Gasteiger partial charge is 0.243 e. The molecule has 7 heteroatoms. The van der Waals surface area contributed by atoms with E-state index in [0.29, 0.717) is 19.3 Å². The molecule has 0 aromatic carbocycles. The van der Waals surface area contributed by atoms with Gasteiger partial charge in [-0.25, -0.2) is 0 Å². The number of aromatic amines is 1. The predicted octanol–water partition coefficient (Wildman–Crippen LogP) is 0.668. The van der Waals surface area contributed by atoms with E-state index in [0.717, 1.165) is 31.2 Å². The van der Waals surface area contributed by atoms with Crippen LogP contribution in [-0.2, 0) is 14.3 Å². The minimum atomic E-state index is -0.259.